The second-order valence-electron chi connectivity index (χ2n) is 5.93. The lowest BCUT2D eigenvalue weighted by Crippen LogP contribution is -2.42. The molecule has 0 bridgehead atoms. The third-order valence-corrected chi connectivity index (χ3v) is 4.37. The molecule has 2 aromatic heterocycles. The highest BCUT2D eigenvalue weighted by Gasteiger charge is 2.25. The normalized spacial score (nSPS) is 17.5. The zero-order valence-electron chi connectivity index (χ0n) is 13.7. The van der Waals surface area contributed by atoms with Crippen molar-refractivity contribution in [1.29, 1.82) is 0 Å². The summed E-state index contributed by atoms with van der Waals surface area (Å²) in [5.41, 5.74) is 0.789. The Hall–Kier alpha value is -2.70. The van der Waals surface area contributed by atoms with Gasteiger partial charge < -0.3 is 10.2 Å². The number of aromatic nitrogens is 3. The van der Waals surface area contributed by atoms with Crippen LogP contribution in [0.1, 0.15) is 24.3 Å². The summed E-state index contributed by atoms with van der Waals surface area (Å²) >= 11 is 0. The van der Waals surface area contributed by atoms with Crippen LogP contribution in [-0.2, 0) is 11.3 Å². The van der Waals surface area contributed by atoms with E-state index in [0.29, 0.717) is 12.5 Å². The molecule has 1 fully saturated rings. The van der Waals surface area contributed by atoms with Gasteiger partial charge in [-0.15, -0.1) is 0 Å². The number of rotatable bonds is 4. The van der Waals surface area contributed by atoms with Crippen LogP contribution in [0.15, 0.2) is 41.6 Å². The molecular weight excluding hydrogens is 306 g/mol. The van der Waals surface area contributed by atoms with Crippen LogP contribution >= 0.6 is 0 Å². The summed E-state index contributed by atoms with van der Waals surface area (Å²) in [5.74, 6) is 1.08. The van der Waals surface area contributed by atoms with E-state index in [9.17, 15) is 9.59 Å². The van der Waals surface area contributed by atoms with Crippen LogP contribution in [0, 0.1) is 0 Å². The average Bonchev–Trinajstić information content (AvgIpc) is 2.64. The molecule has 1 amide bonds. The maximum atomic E-state index is 12.5. The molecule has 1 aliphatic heterocycles. The van der Waals surface area contributed by atoms with Gasteiger partial charge in [-0.3, -0.25) is 9.36 Å². The lowest BCUT2D eigenvalue weighted by atomic mass is 9.91. The molecule has 1 aliphatic rings. The molecule has 3 rings (SSSR count). The highest BCUT2D eigenvalue weighted by molar-refractivity contribution is 5.76. The monoisotopic (exact) mass is 327 g/mol. The van der Waals surface area contributed by atoms with Crippen molar-refractivity contribution in [1.82, 2.24) is 19.4 Å². The van der Waals surface area contributed by atoms with Crippen molar-refractivity contribution in [3.05, 3.63) is 52.8 Å². The third-order valence-electron chi connectivity index (χ3n) is 4.37. The largest absolute Gasteiger partial charge is 0.373 e. The topological polar surface area (TPSA) is 80.1 Å². The summed E-state index contributed by atoms with van der Waals surface area (Å²) < 4.78 is 1.34. The van der Waals surface area contributed by atoms with Crippen LogP contribution < -0.4 is 11.0 Å². The number of hydrogen-bond acceptors (Lipinski definition) is 5. The molecule has 0 radical (unpaired) electrons. The number of carbonyl (C=O) groups excluding carboxylic acids is 1. The Morgan fingerprint density at radius 1 is 1.38 bits per heavy atom. The summed E-state index contributed by atoms with van der Waals surface area (Å²) in [4.78, 5) is 34.0. The molecule has 0 saturated carbocycles. The van der Waals surface area contributed by atoms with Crippen LogP contribution in [0.5, 0.6) is 0 Å². The number of hydrogen-bond donors (Lipinski definition) is 1. The maximum absolute atomic E-state index is 12.5. The number of pyridine rings is 1. The second kappa shape index (κ2) is 7.25. The number of nitrogens with zero attached hydrogens (tertiary/aromatic N) is 4. The molecule has 0 aromatic carbocycles. The predicted octanol–water partition coefficient (Wildman–Crippen LogP) is 1.09. The Balaban J connectivity index is 1.69. The second-order valence-corrected chi connectivity index (χ2v) is 5.93. The first-order valence-electron chi connectivity index (χ1n) is 8.10. The van der Waals surface area contributed by atoms with Crippen molar-refractivity contribution in [2.75, 3.05) is 25.5 Å². The van der Waals surface area contributed by atoms with Crippen molar-refractivity contribution < 1.29 is 4.79 Å². The van der Waals surface area contributed by atoms with Crippen molar-refractivity contribution in [2.45, 2.75) is 25.3 Å². The first kappa shape index (κ1) is 16.2. The van der Waals surface area contributed by atoms with E-state index in [1.54, 1.807) is 18.5 Å². The van der Waals surface area contributed by atoms with Gasteiger partial charge in [-0.25, -0.2) is 14.8 Å². The minimum atomic E-state index is -0.396. The van der Waals surface area contributed by atoms with Gasteiger partial charge in [0.2, 0.25) is 5.91 Å². The fraction of sp³-hybridized carbons (Fsp3) is 0.412. The molecule has 1 atom stereocenters. The lowest BCUT2D eigenvalue weighted by molar-refractivity contribution is -0.133. The van der Waals surface area contributed by atoms with Gasteiger partial charge in [-0.1, -0.05) is 0 Å². The Morgan fingerprint density at radius 2 is 2.25 bits per heavy atom. The van der Waals surface area contributed by atoms with Crippen molar-refractivity contribution >= 4 is 11.7 Å². The molecule has 7 nitrogen and oxygen atoms in total. The fourth-order valence-corrected chi connectivity index (χ4v) is 3.07. The highest BCUT2D eigenvalue weighted by Crippen LogP contribution is 2.27. The Bertz CT molecular complexity index is 773. The van der Waals surface area contributed by atoms with Gasteiger partial charge in [0.15, 0.2) is 0 Å². The lowest BCUT2D eigenvalue weighted by Gasteiger charge is -2.33. The van der Waals surface area contributed by atoms with Gasteiger partial charge in [-0.05, 0) is 36.6 Å². The smallest absolute Gasteiger partial charge is 0.347 e. The summed E-state index contributed by atoms with van der Waals surface area (Å²) in [6.45, 7) is 1.44. The highest BCUT2D eigenvalue weighted by atomic mass is 16.2. The number of carbonyl (C=O) groups is 1. The molecule has 0 aliphatic carbocycles. The van der Waals surface area contributed by atoms with Crippen LogP contribution in [0.25, 0.3) is 0 Å². The van der Waals surface area contributed by atoms with Crippen LogP contribution in [0.4, 0.5) is 5.82 Å². The van der Waals surface area contributed by atoms with E-state index in [2.05, 4.69) is 15.3 Å². The Labute approximate surface area is 140 Å². The van der Waals surface area contributed by atoms with E-state index in [0.717, 1.165) is 25.2 Å². The Morgan fingerprint density at radius 3 is 3.04 bits per heavy atom. The average molecular weight is 327 g/mol. The Kier molecular flexibility index (Phi) is 4.88. The molecule has 0 unspecified atom stereocenters. The molecular formula is C17H21N5O2. The van der Waals surface area contributed by atoms with Crippen molar-refractivity contribution in [2.24, 2.45) is 0 Å². The molecule has 1 N–H and O–H groups in total. The summed E-state index contributed by atoms with van der Waals surface area (Å²) in [6, 6.07) is 5.69. The summed E-state index contributed by atoms with van der Waals surface area (Å²) in [5, 5.41) is 3.04. The van der Waals surface area contributed by atoms with Crippen molar-refractivity contribution in [3.8, 4) is 0 Å². The zero-order valence-corrected chi connectivity index (χ0v) is 13.7. The minimum absolute atomic E-state index is 0.0392. The van der Waals surface area contributed by atoms with E-state index in [4.69, 9.17) is 0 Å². The summed E-state index contributed by atoms with van der Waals surface area (Å²) in [7, 11) is 1.84. The standard InChI is InChI=1S/C17H21N5O2/c1-18-15-10-13(5-7-19-15)14-4-2-8-21(11-14)16(23)12-22-9-3-6-20-17(22)24/h3,5-7,9-10,14H,2,4,8,11-12H2,1H3,(H,18,19)/t14-/m1/s1. The number of anilines is 1. The molecule has 0 spiro atoms. The van der Waals surface area contributed by atoms with E-state index >= 15 is 0 Å². The maximum Gasteiger partial charge on any atom is 0.347 e. The number of piperidine rings is 1. The minimum Gasteiger partial charge on any atom is -0.373 e. The van der Waals surface area contributed by atoms with Crippen LogP contribution in [0.3, 0.4) is 0 Å². The predicted molar refractivity (Wildman–Crippen MR) is 90.8 cm³/mol. The van der Waals surface area contributed by atoms with Gasteiger partial charge in [0, 0.05) is 44.6 Å². The van der Waals surface area contributed by atoms with Gasteiger partial charge in [0.05, 0.1) is 0 Å². The molecule has 7 heteroatoms. The van der Waals surface area contributed by atoms with Crippen LogP contribution in [0.2, 0.25) is 0 Å². The van der Waals surface area contributed by atoms with E-state index < -0.39 is 5.69 Å². The van der Waals surface area contributed by atoms with Gasteiger partial charge in [0.25, 0.3) is 0 Å². The zero-order chi connectivity index (χ0) is 16.9. The number of amides is 1. The summed E-state index contributed by atoms with van der Waals surface area (Å²) in [6.07, 6.45) is 6.82. The first-order valence-corrected chi connectivity index (χ1v) is 8.10. The fourth-order valence-electron chi connectivity index (χ4n) is 3.07. The van der Waals surface area contributed by atoms with E-state index in [1.807, 2.05) is 24.1 Å². The van der Waals surface area contributed by atoms with E-state index in [-0.39, 0.29) is 12.5 Å². The molecule has 1 saturated heterocycles. The van der Waals surface area contributed by atoms with Crippen LogP contribution in [-0.4, -0.2) is 45.5 Å². The molecule has 3 heterocycles. The molecule has 24 heavy (non-hydrogen) atoms. The van der Waals surface area contributed by atoms with Gasteiger partial charge in [0.1, 0.15) is 12.4 Å². The quantitative estimate of drug-likeness (QED) is 0.909. The molecule has 126 valence electrons. The first-order chi connectivity index (χ1) is 11.7. The van der Waals surface area contributed by atoms with Gasteiger partial charge >= 0.3 is 5.69 Å². The van der Waals surface area contributed by atoms with Crippen molar-refractivity contribution in [3.63, 3.8) is 0 Å². The van der Waals surface area contributed by atoms with Gasteiger partial charge in [-0.2, -0.15) is 0 Å². The van der Waals surface area contributed by atoms with E-state index in [1.165, 1.54) is 16.3 Å². The molecule has 2 aromatic rings. The third kappa shape index (κ3) is 3.61. The number of nitrogens with one attached hydrogen (secondary N) is 1. The number of likely N-dealkylation sites (tertiary alicyclic amines) is 1. The SMILES string of the molecule is CNc1cc([C@@H]2CCCN(C(=O)Cn3cccnc3=O)C2)ccn1.